The van der Waals surface area contributed by atoms with Gasteiger partial charge in [-0.1, -0.05) is 12.1 Å². The van der Waals surface area contributed by atoms with Crippen LogP contribution in [0.2, 0.25) is 0 Å². The molecule has 0 unspecified atom stereocenters. The zero-order valence-electron chi connectivity index (χ0n) is 19.6. The molecule has 0 bridgehead atoms. The fraction of sp³-hybridized carbons (Fsp3) is 0.115. The highest BCUT2D eigenvalue weighted by atomic mass is 32.2. The van der Waals surface area contributed by atoms with Gasteiger partial charge in [-0.15, -0.1) is 0 Å². The number of carbonyl (C=O) groups is 5. The zero-order chi connectivity index (χ0) is 26.9. The van der Waals surface area contributed by atoms with Crippen LogP contribution in [0.15, 0.2) is 57.9 Å². The Hall–Kier alpha value is -4.64. The summed E-state index contributed by atoms with van der Waals surface area (Å²) in [5, 5.41) is 20.6. The third-order valence-electron chi connectivity index (χ3n) is 5.67. The molecule has 1 saturated heterocycles. The molecule has 2 aromatic carbocycles. The Kier molecular flexibility index (Phi) is 6.98. The number of nitrogens with one attached hydrogen (secondary N) is 1. The Morgan fingerprint density at radius 3 is 2.32 bits per heavy atom. The maximum atomic E-state index is 12.8. The minimum Gasteiger partial charge on any atom is -0.478 e. The summed E-state index contributed by atoms with van der Waals surface area (Å²) in [5.41, 5.74) is 2.21. The number of nitrogens with zero attached hydrogens (tertiary/aromatic N) is 1. The highest BCUT2D eigenvalue weighted by Crippen LogP contribution is 2.33. The lowest BCUT2D eigenvalue weighted by Crippen LogP contribution is -2.36. The monoisotopic (exact) mass is 520 g/mol. The van der Waals surface area contributed by atoms with Crippen molar-refractivity contribution in [2.24, 2.45) is 0 Å². The predicted octanol–water partition coefficient (Wildman–Crippen LogP) is 4.63. The number of aryl methyl sites for hydroxylation is 1. The lowest BCUT2D eigenvalue weighted by atomic mass is 10.0. The van der Waals surface area contributed by atoms with E-state index in [4.69, 9.17) is 4.42 Å². The molecule has 0 radical (unpaired) electrons. The van der Waals surface area contributed by atoms with Gasteiger partial charge in [0.1, 0.15) is 18.1 Å². The lowest BCUT2D eigenvalue weighted by molar-refractivity contribution is -0.127. The Morgan fingerprint density at radius 2 is 1.68 bits per heavy atom. The summed E-state index contributed by atoms with van der Waals surface area (Å²) in [4.78, 5) is 61.3. The summed E-state index contributed by atoms with van der Waals surface area (Å²) in [6, 6.07) is 12.0. The Labute approximate surface area is 214 Å². The number of hydrogen-bond acceptors (Lipinski definition) is 7. The molecule has 0 spiro atoms. The van der Waals surface area contributed by atoms with E-state index in [1.165, 1.54) is 30.3 Å². The van der Waals surface area contributed by atoms with Gasteiger partial charge < -0.3 is 19.9 Å². The summed E-state index contributed by atoms with van der Waals surface area (Å²) in [7, 11) is 0. The molecule has 0 aliphatic carbocycles. The van der Waals surface area contributed by atoms with Crippen LogP contribution in [0.3, 0.4) is 0 Å². The fourth-order valence-electron chi connectivity index (χ4n) is 3.59. The zero-order valence-corrected chi connectivity index (χ0v) is 20.4. The van der Waals surface area contributed by atoms with Crippen molar-refractivity contribution in [1.29, 1.82) is 0 Å². The van der Waals surface area contributed by atoms with E-state index in [9.17, 15) is 34.2 Å². The van der Waals surface area contributed by atoms with Gasteiger partial charge in [-0.3, -0.25) is 19.3 Å². The van der Waals surface area contributed by atoms with E-state index in [0.717, 1.165) is 22.1 Å². The van der Waals surface area contributed by atoms with Gasteiger partial charge in [0.2, 0.25) is 5.91 Å². The molecule has 1 aliphatic heterocycles. The van der Waals surface area contributed by atoms with Crippen molar-refractivity contribution in [3.8, 4) is 11.3 Å². The first-order valence-corrected chi connectivity index (χ1v) is 11.7. The van der Waals surface area contributed by atoms with Crippen LogP contribution >= 0.6 is 11.8 Å². The Bertz CT molecular complexity index is 1470. The first kappa shape index (κ1) is 25.5. The van der Waals surface area contributed by atoms with Crippen molar-refractivity contribution >= 4 is 52.5 Å². The van der Waals surface area contributed by atoms with E-state index < -0.39 is 35.5 Å². The molecule has 37 heavy (non-hydrogen) atoms. The van der Waals surface area contributed by atoms with Crippen LogP contribution in [0.25, 0.3) is 17.4 Å². The molecule has 188 valence electrons. The minimum atomic E-state index is -1.30. The van der Waals surface area contributed by atoms with Crippen molar-refractivity contribution in [2.45, 2.75) is 13.8 Å². The van der Waals surface area contributed by atoms with E-state index in [1.54, 1.807) is 12.1 Å². The molecule has 11 heteroatoms. The SMILES string of the molecule is Cc1cccc(NC(=O)CN2C(=O)S/C(=C/c3ccc(-c4cc(C(=O)O)cc(C(=O)O)c4)o3)C2=O)c1C. The average molecular weight is 521 g/mol. The van der Waals surface area contributed by atoms with Crippen LogP contribution in [0.5, 0.6) is 0 Å². The normalized spacial score (nSPS) is 14.3. The highest BCUT2D eigenvalue weighted by Gasteiger charge is 2.36. The largest absolute Gasteiger partial charge is 0.478 e. The summed E-state index contributed by atoms with van der Waals surface area (Å²) in [6.07, 6.45) is 1.33. The number of carboxylic acids is 2. The van der Waals surface area contributed by atoms with Crippen LogP contribution < -0.4 is 5.32 Å². The smallest absolute Gasteiger partial charge is 0.335 e. The first-order valence-electron chi connectivity index (χ1n) is 10.9. The number of carbonyl (C=O) groups excluding carboxylic acids is 3. The second kappa shape index (κ2) is 10.2. The van der Waals surface area contributed by atoms with Crippen molar-refractivity contribution in [3.05, 3.63) is 81.5 Å². The van der Waals surface area contributed by atoms with Crippen molar-refractivity contribution in [3.63, 3.8) is 0 Å². The van der Waals surface area contributed by atoms with Gasteiger partial charge in [0.05, 0.1) is 16.0 Å². The average Bonchev–Trinajstić information content (AvgIpc) is 3.42. The van der Waals surface area contributed by atoms with Crippen molar-refractivity contribution in [1.82, 2.24) is 4.90 Å². The molecule has 0 atom stereocenters. The van der Waals surface area contributed by atoms with Gasteiger partial charge in [-0.25, -0.2) is 9.59 Å². The lowest BCUT2D eigenvalue weighted by Gasteiger charge is -2.14. The maximum absolute atomic E-state index is 12.8. The van der Waals surface area contributed by atoms with E-state index in [2.05, 4.69) is 5.32 Å². The van der Waals surface area contributed by atoms with E-state index >= 15 is 0 Å². The molecule has 10 nitrogen and oxygen atoms in total. The van der Waals surface area contributed by atoms with Crippen LogP contribution in [-0.2, 0) is 9.59 Å². The van der Waals surface area contributed by atoms with Crippen LogP contribution in [0.4, 0.5) is 10.5 Å². The topological polar surface area (TPSA) is 154 Å². The van der Waals surface area contributed by atoms with Gasteiger partial charge in [0.25, 0.3) is 11.1 Å². The molecule has 1 aromatic heterocycles. The third-order valence-corrected chi connectivity index (χ3v) is 6.57. The third kappa shape index (κ3) is 5.46. The molecule has 0 saturated carbocycles. The van der Waals surface area contributed by atoms with E-state index in [-0.39, 0.29) is 33.1 Å². The van der Waals surface area contributed by atoms with Gasteiger partial charge in [-0.2, -0.15) is 0 Å². The predicted molar refractivity (Wildman–Crippen MR) is 135 cm³/mol. The maximum Gasteiger partial charge on any atom is 0.335 e. The molecule has 3 aromatic rings. The summed E-state index contributed by atoms with van der Waals surface area (Å²) in [6.45, 7) is 3.30. The second-order valence-electron chi connectivity index (χ2n) is 8.17. The van der Waals surface area contributed by atoms with Gasteiger partial charge in [0.15, 0.2) is 0 Å². The van der Waals surface area contributed by atoms with Crippen molar-refractivity contribution in [2.75, 3.05) is 11.9 Å². The number of imide groups is 1. The van der Waals surface area contributed by atoms with Crippen LogP contribution in [0.1, 0.15) is 37.6 Å². The number of rotatable bonds is 7. The number of amides is 3. The summed E-state index contributed by atoms with van der Waals surface area (Å²) in [5.74, 6) is -3.44. The van der Waals surface area contributed by atoms with Crippen molar-refractivity contribution < 1.29 is 38.6 Å². The quantitative estimate of drug-likeness (QED) is 0.378. The molecular weight excluding hydrogens is 500 g/mol. The number of anilines is 1. The number of hydrogen-bond donors (Lipinski definition) is 3. The number of furan rings is 1. The molecule has 3 amide bonds. The molecule has 3 N–H and O–H groups in total. The number of aromatic carboxylic acids is 2. The van der Waals surface area contributed by atoms with E-state index in [1.807, 2.05) is 19.9 Å². The number of thioether (sulfide) groups is 1. The Morgan fingerprint density at radius 1 is 1.00 bits per heavy atom. The summed E-state index contributed by atoms with van der Waals surface area (Å²) >= 11 is 0.651. The van der Waals surface area contributed by atoms with Crippen LogP contribution in [0, 0.1) is 13.8 Å². The first-order chi connectivity index (χ1) is 17.5. The second-order valence-corrected chi connectivity index (χ2v) is 9.17. The molecular formula is C26H20N2O8S. The molecule has 1 fully saturated rings. The highest BCUT2D eigenvalue weighted by molar-refractivity contribution is 8.18. The molecule has 4 rings (SSSR count). The van der Waals surface area contributed by atoms with Gasteiger partial charge in [-0.05, 0) is 73.1 Å². The van der Waals surface area contributed by atoms with E-state index in [0.29, 0.717) is 17.4 Å². The molecule has 1 aliphatic rings. The van der Waals surface area contributed by atoms with Crippen LogP contribution in [-0.4, -0.2) is 50.6 Å². The molecule has 2 heterocycles. The summed E-state index contributed by atoms with van der Waals surface area (Å²) < 4.78 is 5.67. The number of carboxylic acid groups (broad SMARTS) is 2. The minimum absolute atomic E-state index is 0.0379. The fourth-order valence-corrected chi connectivity index (χ4v) is 4.41. The number of benzene rings is 2. The van der Waals surface area contributed by atoms with Gasteiger partial charge >= 0.3 is 11.9 Å². The Balaban J connectivity index is 1.51. The van der Waals surface area contributed by atoms with Gasteiger partial charge in [0, 0.05) is 17.3 Å². The standard InChI is InChI=1S/C26H20N2O8S/c1-13-4-3-5-19(14(13)2)27-22(29)12-28-23(30)21(37-26(28)35)11-18-6-7-20(36-18)15-8-16(24(31)32)10-17(9-15)25(33)34/h3-11H,12H2,1-2H3,(H,27,29)(H,31,32)(H,33,34)/b21-11+.